The Hall–Kier alpha value is -5.43. The number of ether oxygens (including phenoxy) is 3. The van der Waals surface area contributed by atoms with E-state index in [1.807, 2.05) is 6.07 Å². The number of Topliss-reactive ketones (excluding diaryl/α,β-unsaturated/α-hetero) is 2. The summed E-state index contributed by atoms with van der Waals surface area (Å²) in [6.07, 6.45) is 3.57. The molecule has 59 heavy (non-hydrogen) atoms. The first-order valence-corrected chi connectivity index (χ1v) is 20.0. The summed E-state index contributed by atoms with van der Waals surface area (Å²) in [4.78, 5) is 75.3. The van der Waals surface area contributed by atoms with Crippen molar-refractivity contribution in [3.63, 3.8) is 0 Å². The van der Waals surface area contributed by atoms with Crippen molar-refractivity contribution in [2.45, 2.75) is 62.4 Å². The minimum absolute atomic E-state index is 0.0177. The number of carbonyl (C=O) groups is 6. The lowest BCUT2D eigenvalue weighted by Crippen LogP contribution is -2.54. The van der Waals surface area contributed by atoms with E-state index in [9.17, 15) is 28.8 Å². The number of alkyl halides is 1. The molecule has 4 aromatic carbocycles. The highest BCUT2D eigenvalue weighted by Gasteiger charge is 2.50. The molecule has 0 aromatic heterocycles. The predicted octanol–water partition coefficient (Wildman–Crippen LogP) is 9.89. The fourth-order valence-corrected chi connectivity index (χ4v) is 7.86. The maximum absolute atomic E-state index is 13.0. The summed E-state index contributed by atoms with van der Waals surface area (Å²) < 4.78 is 15.0. The first-order chi connectivity index (χ1) is 28.3. The average molecular weight is 868 g/mol. The Kier molecular flexibility index (Phi) is 17.3. The van der Waals surface area contributed by atoms with Gasteiger partial charge in [0.15, 0.2) is 17.6 Å². The van der Waals surface area contributed by atoms with Crippen molar-refractivity contribution in [3.05, 3.63) is 141 Å². The van der Waals surface area contributed by atoms with E-state index in [-0.39, 0.29) is 17.6 Å². The fraction of sp³-hybridized carbons (Fsp3) is 0.318. The minimum Gasteiger partial charge on any atom is -0.478 e. The number of amides is 2. The van der Waals surface area contributed by atoms with E-state index in [1.165, 1.54) is 16.8 Å². The Morgan fingerprint density at radius 3 is 1.39 bits per heavy atom. The average Bonchev–Trinajstić information content (AvgIpc) is 3.25. The van der Waals surface area contributed by atoms with E-state index in [1.54, 1.807) is 110 Å². The molecule has 0 unspecified atom stereocenters. The van der Waals surface area contributed by atoms with Crippen LogP contribution in [0.3, 0.4) is 0 Å². The molecule has 2 amide bonds. The van der Waals surface area contributed by atoms with Crippen molar-refractivity contribution in [2.24, 2.45) is 0 Å². The van der Waals surface area contributed by atoms with Crippen molar-refractivity contribution in [2.75, 3.05) is 27.0 Å². The number of carboxylic acid groups (broad SMARTS) is 1. The van der Waals surface area contributed by atoms with Gasteiger partial charge in [-0.05, 0) is 74.9 Å². The Morgan fingerprint density at radius 2 is 1.00 bits per heavy atom. The van der Waals surface area contributed by atoms with Crippen LogP contribution in [-0.2, 0) is 34.9 Å². The summed E-state index contributed by atoms with van der Waals surface area (Å²) in [7, 11) is 3.06. The third-order valence-electron chi connectivity index (χ3n) is 10.2. The van der Waals surface area contributed by atoms with E-state index >= 15 is 0 Å². The van der Waals surface area contributed by atoms with Crippen LogP contribution in [0.25, 0.3) is 0 Å². The predicted molar refractivity (Wildman–Crippen MR) is 223 cm³/mol. The molecule has 0 bridgehead atoms. The number of carbonyl (C=O) groups excluding carboxylic acids is 5. The second kappa shape index (κ2) is 22.1. The van der Waals surface area contributed by atoms with Gasteiger partial charge in [0.25, 0.3) is 0 Å². The summed E-state index contributed by atoms with van der Waals surface area (Å²) in [6, 6.07) is 30.6. The second-order valence-electron chi connectivity index (χ2n) is 13.6. The molecule has 12 nitrogen and oxygen atoms in total. The quantitative estimate of drug-likeness (QED) is 0.0976. The molecule has 0 spiro atoms. The molecule has 6 rings (SSSR count). The molecule has 1 N–H and O–H groups in total. The zero-order valence-corrected chi connectivity index (χ0v) is 34.9. The lowest BCUT2D eigenvalue weighted by molar-refractivity contribution is -0.134. The summed E-state index contributed by atoms with van der Waals surface area (Å²) in [5, 5.41) is 9.27. The van der Waals surface area contributed by atoms with Crippen molar-refractivity contribution in [1.29, 1.82) is 0 Å². The number of hydrogen-bond donors (Lipinski definition) is 1. The Labute approximate surface area is 357 Å². The van der Waals surface area contributed by atoms with Crippen molar-refractivity contribution in [3.8, 4) is 0 Å². The van der Waals surface area contributed by atoms with Gasteiger partial charge in [0.05, 0.1) is 11.1 Å². The fourth-order valence-electron chi connectivity index (χ4n) is 7.18. The number of esters is 1. The molecule has 2 aliphatic carbocycles. The van der Waals surface area contributed by atoms with Gasteiger partial charge in [-0.2, -0.15) is 0 Å². The topological polar surface area (TPSA) is 157 Å². The number of benzene rings is 4. The summed E-state index contributed by atoms with van der Waals surface area (Å²) in [6.45, 7) is -0.552. The summed E-state index contributed by atoms with van der Waals surface area (Å²) in [5.41, 5.74) is -0.362. The highest BCUT2D eigenvalue weighted by atomic mass is 35.5. The van der Waals surface area contributed by atoms with Gasteiger partial charge in [-0.1, -0.05) is 108 Å². The summed E-state index contributed by atoms with van der Waals surface area (Å²) >= 11 is 18.1. The third-order valence-corrected chi connectivity index (χ3v) is 11.0. The van der Waals surface area contributed by atoms with E-state index < -0.39 is 42.0 Å². The molecule has 4 aromatic rings. The standard InChI is InChI=1S/C22H22ClNO5.C15H17Cl2NO3.C7H6O2/c1-24(21(27)29-15-28-20(26)16-9-3-2-4-10-16)22(14-8-7-13-19(22)25)17-11-5-6-12-18(17)23;1-18(14(20)21-10-16)15(9-5-4-8-13(15)19)11-6-2-3-7-12(11)17;8-7(9)6-4-2-1-3-5-6/h2-6,9-12H,7-8,13-15H2,1H3;2-3,6-7H,4-5,8-10H2,1H3;1-5H,(H,8,9)/t22-;15-;/m00./s1. The van der Waals surface area contributed by atoms with Gasteiger partial charge in [-0.15, -0.1) is 0 Å². The van der Waals surface area contributed by atoms with Gasteiger partial charge in [0, 0.05) is 48.1 Å². The number of likely N-dealkylation sites (N-methyl/N-ethyl adjacent to an activating group) is 2. The van der Waals surface area contributed by atoms with Gasteiger partial charge >= 0.3 is 24.1 Å². The van der Waals surface area contributed by atoms with Crippen LogP contribution in [0, 0.1) is 0 Å². The van der Waals surface area contributed by atoms with Gasteiger partial charge < -0.3 is 19.3 Å². The number of ketones is 2. The van der Waals surface area contributed by atoms with E-state index in [0.29, 0.717) is 58.0 Å². The molecule has 0 radical (unpaired) electrons. The van der Waals surface area contributed by atoms with E-state index in [2.05, 4.69) is 0 Å². The van der Waals surface area contributed by atoms with Gasteiger partial charge in [-0.3, -0.25) is 19.4 Å². The molecule has 2 aliphatic rings. The lowest BCUT2D eigenvalue weighted by atomic mass is 9.74. The van der Waals surface area contributed by atoms with Crippen LogP contribution >= 0.6 is 34.8 Å². The molecule has 15 heteroatoms. The van der Waals surface area contributed by atoms with Gasteiger partial charge in [0.1, 0.15) is 11.1 Å². The second-order valence-corrected chi connectivity index (χ2v) is 14.6. The maximum atomic E-state index is 13.0. The molecule has 2 atom stereocenters. The molecule has 0 aliphatic heterocycles. The normalized spacial score (nSPS) is 18.4. The van der Waals surface area contributed by atoms with Gasteiger partial charge in [0.2, 0.25) is 6.79 Å². The Balaban J connectivity index is 0.000000222. The Bertz CT molecular complexity index is 2090. The van der Waals surface area contributed by atoms with Crippen LogP contribution in [0.4, 0.5) is 9.59 Å². The van der Waals surface area contributed by atoms with Crippen LogP contribution < -0.4 is 0 Å². The van der Waals surface area contributed by atoms with Crippen molar-refractivity contribution < 1.29 is 48.1 Å². The van der Waals surface area contributed by atoms with Crippen LogP contribution in [0.5, 0.6) is 0 Å². The number of hydrogen-bond acceptors (Lipinski definition) is 9. The summed E-state index contributed by atoms with van der Waals surface area (Å²) in [5.74, 6) is -1.58. The number of rotatable bonds is 9. The zero-order chi connectivity index (χ0) is 43.0. The van der Waals surface area contributed by atoms with Crippen LogP contribution in [0.1, 0.15) is 83.2 Å². The van der Waals surface area contributed by atoms with Crippen LogP contribution in [0.15, 0.2) is 109 Å². The monoisotopic (exact) mass is 866 g/mol. The van der Waals surface area contributed by atoms with Crippen molar-refractivity contribution >= 4 is 70.5 Å². The highest BCUT2D eigenvalue weighted by Crippen LogP contribution is 2.43. The van der Waals surface area contributed by atoms with Crippen LogP contribution in [-0.4, -0.2) is 77.6 Å². The maximum Gasteiger partial charge on any atom is 0.413 e. The third kappa shape index (κ3) is 11.2. The van der Waals surface area contributed by atoms with Gasteiger partial charge in [-0.25, -0.2) is 19.2 Å². The molecule has 312 valence electrons. The number of halogens is 3. The lowest BCUT2D eigenvalue weighted by Gasteiger charge is -2.43. The SMILES string of the molecule is CN(C(=O)OCCl)[C@]1(c2ccccc2Cl)CCCCC1=O.CN(C(=O)OCOC(=O)c1ccccc1)[C@]1(c2ccccc2Cl)CCCCC1=O.O=C(O)c1ccccc1. The Morgan fingerprint density at radius 1 is 0.593 bits per heavy atom. The van der Waals surface area contributed by atoms with E-state index in [4.69, 9.17) is 54.1 Å². The molecule has 2 fully saturated rings. The highest BCUT2D eigenvalue weighted by molar-refractivity contribution is 6.32. The smallest absolute Gasteiger partial charge is 0.413 e. The number of aromatic carboxylic acids is 1. The van der Waals surface area contributed by atoms with E-state index in [0.717, 1.165) is 25.7 Å². The first-order valence-electron chi connectivity index (χ1n) is 18.8. The molecular weight excluding hydrogens is 823 g/mol. The number of carboxylic acids is 1. The largest absolute Gasteiger partial charge is 0.478 e. The molecule has 2 saturated carbocycles. The molecule has 0 heterocycles. The molecule has 0 saturated heterocycles. The van der Waals surface area contributed by atoms with Crippen molar-refractivity contribution in [1.82, 2.24) is 9.80 Å². The zero-order valence-electron chi connectivity index (χ0n) is 32.6. The minimum atomic E-state index is -1.20. The first kappa shape index (κ1) is 46.3. The van der Waals surface area contributed by atoms with Crippen LogP contribution in [0.2, 0.25) is 10.0 Å². The number of nitrogens with zero attached hydrogens (tertiary/aromatic N) is 2. The molecular formula is C44H45Cl3N2O10.